The number of hydrogen-bond acceptors (Lipinski definition) is 4. The van der Waals surface area contributed by atoms with E-state index in [0.717, 1.165) is 12.0 Å². The molecule has 2 atom stereocenters. The Morgan fingerprint density at radius 3 is 2.47 bits per heavy atom. The van der Waals surface area contributed by atoms with E-state index in [4.69, 9.17) is 4.74 Å². The van der Waals surface area contributed by atoms with Gasteiger partial charge in [-0.3, -0.25) is 0 Å². The van der Waals surface area contributed by atoms with Gasteiger partial charge in [0.1, 0.15) is 0 Å². The molecule has 0 aromatic heterocycles. The fourth-order valence-electron chi connectivity index (χ4n) is 1.62. The normalized spacial score (nSPS) is 13.9. The summed E-state index contributed by atoms with van der Waals surface area (Å²) < 4.78 is 10.1. The van der Waals surface area contributed by atoms with E-state index in [9.17, 15) is 9.90 Å². The summed E-state index contributed by atoms with van der Waals surface area (Å²) in [6.07, 6.45) is 1.15. The van der Waals surface area contributed by atoms with Crippen molar-refractivity contribution in [3.8, 4) is 0 Å². The van der Waals surface area contributed by atoms with Crippen molar-refractivity contribution in [1.29, 1.82) is 0 Å². The number of esters is 1. The highest BCUT2D eigenvalue weighted by atomic mass is 16.5. The number of aliphatic hydroxyl groups excluding tert-OH is 1. The van der Waals surface area contributed by atoms with Crippen molar-refractivity contribution in [1.82, 2.24) is 0 Å². The summed E-state index contributed by atoms with van der Waals surface area (Å²) in [5.41, 5.74) is 1.26. The van der Waals surface area contributed by atoms with E-state index < -0.39 is 6.10 Å². The third-order valence-electron chi connectivity index (χ3n) is 3.09. The number of ether oxygens (including phenoxy) is 2. The number of carbonyl (C=O) groups excluding carboxylic acids is 1. The fraction of sp³-hybridized carbons (Fsp3) is 0.533. The molecule has 0 aliphatic rings. The van der Waals surface area contributed by atoms with Crippen molar-refractivity contribution < 1.29 is 19.4 Å². The van der Waals surface area contributed by atoms with Crippen LogP contribution in [0.15, 0.2) is 24.3 Å². The van der Waals surface area contributed by atoms with Crippen LogP contribution in [-0.4, -0.2) is 30.9 Å². The molecule has 1 N–H and O–H groups in total. The minimum Gasteiger partial charge on any atom is -0.465 e. The summed E-state index contributed by atoms with van der Waals surface area (Å²) in [4.78, 5) is 11.3. The van der Waals surface area contributed by atoms with Crippen LogP contribution in [0, 0.1) is 0 Å². The minimum atomic E-state index is -0.573. The Kier molecular flexibility index (Phi) is 6.53. The largest absolute Gasteiger partial charge is 0.465 e. The van der Waals surface area contributed by atoms with Gasteiger partial charge in [0.05, 0.1) is 24.9 Å². The highest BCUT2D eigenvalue weighted by Crippen LogP contribution is 2.18. The summed E-state index contributed by atoms with van der Waals surface area (Å²) >= 11 is 0. The van der Waals surface area contributed by atoms with Crippen LogP contribution in [0.4, 0.5) is 0 Å². The molecular weight excluding hydrogens is 244 g/mol. The monoisotopic (exact) mass is 266 g/mol. The maximum atomic E-state index is 11.3. The van der Waals surface area contributed by atoms with Crippen LogP contribution >= 0.6 is 0 Å². The quantitative estimate of drug-likeness (QED) is 0.771. The van der Waals surface area contributed by atoms with Gasteiger partial charge in [0.15, 0.2) is 0 Å². The van der Waals surface area contributed by atoms with E-state index in [0.29, 0.717) is 18.6 Å². The smallest absolute Gasteiger partial charge is 0.337 e. The van der Waals surface area contributed by atoms with Crippen molar-refractivity contribution in [2.45, 2.75) is 38.9 Å². The molecule has 0 amide bonds. The first kappa shape index (κ1) is 15.7. The molecular formula is C15H22O4. The molecule has 0 bridgehead atoms. The predicted octanol–water partition coefficient (Wildman–Crippen LogP) is 2.71. The summed E-state index contributed by atoms with van der Waals surface area (Å²) in [5, 5.41) is 10.00. The number of hydrogen-bond donors (Lipinski definition) is 1. The molecule has 0 saturated heterocycles. The highest BCUT2D eigenvalue weighted by molar-refractivity contribution is 5.89. The first-order valence-electron chi connectivity index (χ1n) is 6.56. The molecule has 19 heavy (non-hydrogen) atoms. The van der Waals surface area contributed by atoms with Crippen LogP contribution in [0.5, 0.6) is 0 Å². The second-order valence-electron chi connectivity index (χ2n) is 4.51. The highest BCUT2D eigenvalue weighted by Gasteiger charge is 2.10. The molecule has 0 aliphatic heterocycles. The van der Waals surface area contributed by atoms with E-state index >= 15 is 0 Å². The Labute approximate surface area is 114 Å². The van der Waals surface area contributed by atoms with Gasteiger partial charge >= 0.3 is 5.97 Å². The van der Waals surface area contributed by atoms with Gasteiger partial charge in [0.2, 0.25) is 0 Å². The lowest BCUT2D eigenvalue weighted by atomic mass is 10.0. The Morgan fingerprint density at radius 2 is 1.95 bits per heavy atom. The standard InChI is InChI=1S/C15H22O4/c1-4-11(2)19-10-9-14(16)12-5-7-13(8-6-12)15(17)18-3/h5-8,11,14,16H,4,9-10H2,1-3H3. The van der Waals surface area contributed by atoms with Crippen molar-refractivity contribution in [2.24, 2.45) is 0 Å². The second kappa shape index (κ2) is 7.92. The molecule has 0 spiro atoms. The zero-order chi connectivity index (χ0) is 14.3. The van der Waals surface area contributed by atoms with Crippen molar-refractivity contribution in [3.05, 3.63) is 35.4 Å². The van der Waals surface area contributed by atoms with Crippen LogP contribution in [0.2, 0.25) is 0 Å². The van der Waals surface area contributed by atoms with Crippen molar-refractivity contribution in [3.63, 3.8) is 0 Å². The Morgan fingerprint density at radius 1 is 1.32 bits per heavy atom. The third-order valence-corrected chi connectivity index (χ3v) is 3.09. The average molecular weight is 266 g/mol. The van der Waals surface area contributed by atoms with E-state index in [-0.39, 0.29) is 12.1 Å². The lowest BCUT2D eigenvalue weighted by molar-refractivity contribution is 0.0356. The number of carbonyl (C=O) groups is 1. The number of methoxy groups -OCH3 is 1. The topological polar surface area (TPSA) is 55.8 Å². The maximum absolute atomic E-state index is 11.3. The molecule has 0 fully saturated rings. The van der Waals surface area contributed by atoms with E-state index in [1.807, 2.05) is 6.92 Å². The second-order valence-corrected chi connectivity index (χ2v) is 4.51. The molecule has 0 heterocycles. The summed E-state index contributed by atoms with van der Waals surface area (Å²) in [7, 11) is 1.34. The van der Waals surface area contributed by atoms with Crippen molar-refractivity contribution in [2.75, 3.05) is 13.7 Å². The first-order valence-corrected chi connectivity index (χ1v) is 6.56. The Hall–Kier alpha value is -1.39. The molecule has 1 rings (SSSR count). The summed E-state index contributed by atoms with van der Waals surface area (Å²) in [6.45, 7) is 4.60. The number of rotatable bonds is 7. The SMILES string of the molecule is CCC(C)OCCC(O)c1ccc(C(=O)OC)cc1. The van der Waals surface area contributed by atoms with Crippen LogP contribution in [0.3, 0.4) is 0 Å². The maximum Gasteiger partial charge on any atom is 0.337 e. The molecule has 1 aromatic rings. The van der Waals surface area contributed by atoms with Crippen molar-refractivity contribution >= 4 is 5.97 Å². The van der Waals surface area contributed by atoms with Gasteiger partial charge in [-0.15, -0.1) is 0 Å². The zero-order valence-corrected chi connectivity index (χ0v) is 11.8. The van der Waals surface area contributed by atoms with Crippen LogP contribution < -0.4 is 0 Å². The van der Waals surface area contributed by atoms with Gasteiger partial charge in [0.25, 0.3) is 0 Å². The molecule has 4 nitrogen and oxygen atoms in total. The number of aliphatic hydroxyl groups is 1. The van der Waals surface area contributed by atoms with E-state index in [2.05, 4.69) is 11.7 Å². The lowest BCUT2D eigenvalue weighted by Gasteiger charge is -2.14. The molecule has 106 valence electrons. The Bertz CT molecular complexity index is 386. The van der Waals surface area contributed by atoms with Crippen LogP contribution in [-0.2, 0) is 9.47 Å². The number of benzene rings is 1. The molecule has 2 unspecified atom stereocenters. The first-order chi connectivity index (χ1) is 9.08. The van der Waals surface area contributed by atoms with Gasteiger partial charge in [-0.2, -0.15) is 0 Å². The van der Waals surface area contributed by atoms with E-state index in [1.54, 1.807) is 24.3 Å². The lowest BCUT2D eigenvalue weighted by Crippen LogP contribution is -2.10. The average Bonchev–Trinajstić information content (AvgIpc) is 2.46. The molecule has 0 aliphatic carbocycles. The van der Waals surface area contributed by atoms with Gasteiger partial charge in [-0.1, -0.05) is 19.1 Å². The third kappa shape index (κ3) is 5.01. The van der Waals surface area contributed by atoms with Gasteiger partial charge in [-0.05, 0) is 31.0 Å². The molecule has 0 saturated carbocycles. The predicted molar refractivity (Wildman–Crippen MR) is 73.1 cm³/mol. The summed E-state index contributed by atoms with van der Waals surface area (Å²) in [6, 6.07) is 6.78. The Balaban J connectivity index is 2.48. The molecule has 0 radical (unpaired) electrons. The summed E-state index contributed by atoms with van der Waals surface area (Å²) in [5.74, 6) is -0.374. The van der Waals surface area contributed by atoms with E-state index in [1.165, 1.54) is 7.11 Å². The molecule has 1 aromatic carbocycles. The fourth-order valence-corrected chi connectivity index (χ4v) is 1.62. The van der Waals surface area contributed by atoms with Gasteiger partial charge in [0, 0.05) is 13.0 Å². The van der Waals surface area contributed by atoms with Gasteiger partial charge in [-0.25, -0.2) is 4.79 Å². The zero-order valence-electron chi connectivity index (χ0n) is 11.8. The van der Waals surface area contributed by atoms with Crippen LogP contribution in [0.25, 0.3) is 0 Å². The minimum absolute atomic E-state index is 0.217. The van der Waals surface area contributed by atoms with Crippen LogP contribution in [0.1, 0.15) is 48.7 Å². The van der Waals surface area contributed by atoms with Gasteiger partial charge < -0.3 is 14.6 Å². The molecule has 4 heteroatoms.